The third-order valence-electron chi connectivity index (χ3n) is 6.20. The predicted molar refractivity (Wildman–Crippen MR) is 147 cm³/mol. The number of halogens is 1. The number of aryl methyl sites for hydroxylation is 1. The molecule has 1 amide bonds. The van der Waals surface area contributed by atoms with Crippen LogP contribution in [0, 0.1) is 0 Å². The quantitative estimate of drug-likeness (QED) is 0.222. The standard InChI is InChI=1S/C29H32BrN3O3/c1-35-26-16-13-22(18-27(26)36-2)19-29(34)31-17-7-3-4-10-28-32-24-8-5-6-9-25(24)33(28)20-21-11-14-23(30)15-12-21/h5-6,8-9,11-16,18H,3-4,7,10,17,19-20H2,1-2H3,(H,31,34). The molecule has 6 nitrogen and oxygen atoms in total. The maximum Gasteiger partial charge on any atom is 0.224 e. The van der Waals surface area contributed by atoms with Crippen LogP contribution in [0.25, 0.3) is 11.0 Å². The zero-order valence-electron chi connectivity index (χ0n) is 20.8. The van der Waals surface area contributed by atoms with E-state index in [0.717, 1.165) is 59.1 Å². The number of fused-ring (bicyclic) bond motifs is 1. The molecular weight excluding hydrogens is 518 g/mol. The van der Waals surface area contributed by atoms with E-state index in [9.17, 15) is 4.79 Å². The van der Waals surface area contributed by atoms with E-state index in [-0.39, 0.29) is 5.91 Å². The van der Waals surface area contributed by atoms with E-state index in [4.69, 9.17) is 14.5 Å². The lowest BCUT2D eigenvalue weighted by Crippen LogP contribution is -2.26. The third kappa shape index (κ3) is 6.66. The Hall–Kier alpha value is -3.32. The van der Waals surface area contributed by atoms with Gasteiger partial charge in [-0.3, -0.25) is 4.79 Å². The molecule has 0 unspecified atom stereocenters. The van der Waals surface area contributed by atoms with Crippen LogP contribution < -0.4 is 14.8 Å². The molecule has 0 atom stereocenters. The first-order valence-electron chi connectivity index (χ1n) is 12.2. The van der Waals surface area contributed by atoms with Crippen molar-refractivity contribution in [2.24, 2.45) is 0 Å². The number of carbonyl (C=O) groups is 1. The topological polar surface area (TPSA) is 65.4 Å². The number of rotatable bonds is 12. The van der Waals surface area contributed by atoms with Gasteiger partial charge < -0.3 is 19.4 Å². The molecule has 4 rings (SSSR count). The van der Waals surface area contributed by atoms with Crippen molar-refractivity contribution in [1.29, 1.82) is 0 Å². The summed E-state index contributed by atoms with van der Waals surface area (Å²) in [6.45, 7) is 1.47. The van der Waals surface area contributed by atoms with Crippen molar-refractivity contribution in [3.63, 3.8) is 0 Å². The molecule has 0 fully saturated rings. The van der Waals surface area contributed by atoms with Crippen molar-refractivity contribution in [2.75, 3.05) is 20.8 Å². The van der Waals surface area contributed by atoms with Gasteiger partial charge in [0, 0.05) is 24.0 Å². The number of hydrogen-bond acceptors (Lipinski definition) is 4. The van der Waals surface area contributed by atoms with Gasteiger partial charge >= 0.3 is 0 Å². The van der Waals surface area contributed by atoms with E-state index in [1.165, 1.54) is 5.56 Å². The van der Waals surface area contributed by atoms with Crippen molar-refractivity contribution in [3.05, 3.63) is 88.2 Å². The number of benzene rings is 3. The van der Waals surface area contributed by atoms with Crippen molar-refractivity contribution >= 4 is 32.9 Å². The highest BCUT2D eigenvalue weighted by atomic mass is 79.9. The van der Waals surface area contributed by atoms with Crippen LogP contribution in [0.5, 0.6) is 11.5 Å². The van der Waals surface area contributed by atoms with Crippen LogP contribution in [0.15, 0.2) is 71.2 Å². The van der Waals surface area contributed by atoms with Crippen molar-refractivity contribution in [2.45, 2.75) is 38.6 Å². The Balaban J connectivity index is 1.26. The number of hydrogen-bond donors (Lipinski definition) is 1. The molecule has 188 valence electrons. The molecule has 0 radical (unpaired) electrons. The van der Waals surface area contributed by atoms with Crippen molar-refractivity contribution in [1.82, 2.24) is 14.9 Å². The minimum absolute atomic E-state index is 0.0125. The minimum atomic E-state index is 0.0125. The minimum Gasteiger partial charge on any atom is -0.493 e. The summed E-state index contributed by atoms with van der Waals surface area (Å²) in [5, 5.41) is 3.03. The number of unbranched alkanes of at least 4 members (excludes halogenated alkanes) is 2. The van der Waals surface area contributed by atoms with Crippen LogP contribution in [0.4, 0.5) is 0 Å². The third-order valence-corrected chi connectivity index (χ3v) is 6.73. The highest BCUT2D eigenvalue weighted by molar-refractivity contribution is 9.10. The van der Waals surface area contributed by atoms with Crippen LogP contribution in [0.3, 0.4) is 0 Å². The van der Waals surface area contributed by atoms with Gasteiger partial charge in [-0.25, -0.2) is 4.98 Å². The van der Waals surface area contributed by atoms with Gasteiger partial charge in [-0.15, -0.1) is 0 Å². The van der Waals surface area contributed by atoms with Crippen LogP contribution in [-0.2, 0) is 24.2 Å². The summed E-state index contributed by atoms with van der Waals surface area (Å²) in [4.78, 5) is 17.3. The van der Waals surface area contributed by atoms with Gasteiger partial charge in [-0.05, 0) is 60.4 Å². The number of methoxy groups -OCH3 is 2. The highest BCUT2D eigenvalue weighted by Crippen LogP contribution is 2.27. The lowest BCUT2D eigenvalue weighted by molar-refractivity contribution is -0.120. The van der Waals surface area contributed by atoms with Crippen LogP contribution in [-0.4, -0.2) is 36.2 Å². The zero-order chi connectivity index (χ0) is 25.3. The maximum atomic E-state index is 12.4. The summed E-state index contributed by atoms with van der Waals surface area (Å²) in [5.74, 6) is 2.41. The molecule has 0 saturated heterocycles. The Kier molecular flexibility index (Phi) is 9.01. The largest absolute Gasteiger partial charge is 0.493 e. The maximum absolute atomic E-state index is 12.4. The lowest BCUT2D eigenvalue weighted by Gasteiger charge is -2.11. The number of nitrogens with one attached hydrogen (secondary N) is 1. The molecule has 1 heterocycles. The molecule has 1 N–H and O–H groups in total. The molecule has 36 heavy (non-hydrogen) atoms. The van der Waals surface area contributed by atoms with E-state index in [1.807, 2.05) is 24.3 Å². The molecule has 0 saturated carbocycles. The van der Waals surface area contributed by atoms with E-state index in [2.05, 4.69) is 68.3 Å². The first-order valence-corrected chi connectivity index (χ1v) is 13.0. The van der Waals surface area contributed by atoms with Gasteiger partial charge in [0.25, 0.3) is 0 Å². The second-order valence-corrected chi connectivity index (χ2v) is 9.67. The average Bonchev–Trinajstić information content (AvgIpc) is 3.24. The fourth-order valence-electron chi connectivity index (χ4n) is 4.32. The lowest BCUT2D eigenvalue weighted by atomic mass is 10.1. The number of para-hydroxylation sites is 2. The molecule has 7 heteroatoms. The fourth-order valence-corrected chi connectivity index (χ4v) is 4.58. The Morgan fingerprint density at radius 3 is 2.44 bits per heavy atom. The predicted octanol–water partition coefficient (Wildman–Crippen LogP) is 5.94. The summed E-state index contributed by atoms with van der Waals surface area (Å²) < 4.78 is 14.0. The number of carbonyl (C=O) groups excluding carboxylic acids is 1. The number of nitrogens with zero attached hydrogens (tertiary/aromatic N) is 2. The Bertz CT molecular complexity index is 1300. The van der Waals surface area contributed by atoms with Crippen molar-refractivity contribution < 1.29 is 14.3 Å². The second kappa shape index (κ2) is 12.6. The van der Waals surface area contributed by atoms with Gasteiger partial charge in [0.05, 0.1) is 31.7 Å². The number of imidazole rings is 1. The van der Waals surface area contributed by atoms with Gasteiger partial charge in [0.15, 0.2) is 11.5 Å². The van der Waals surface area contributed by atoms with Gasteiger partial charge in [-0.1, -0.05) is 52.7 Å². The van der Waals surface area contributed by atoms with Crippen LogP contribution in [0.1, 0.15) is 36.2 Å². The summed E-state index contributed by atoms with van der Waals surface area (Å²) in [6.07, 6.45) is 4.21. The second-order valence-electron chi connectivity index (χ2n) is 8.76. The monoisotopic (exact) mass is 549 g/mol. The summed E-state index contributed by atoms with van der Waals surface area (Å²) in [5.41, 5.74) is 4.35. The Morgan fingerprint density at radius 2 is 1.67 bits per heavy atom. The molecule has 0 aliphatic carbocycles. The highest BCUT2D eigenvalue weighted by Gasteiger charge is 2.11. The molecule has 4 aromatic rings. The first kappa shape index (κ1) is 25.8. The average molecular weight is 550 g/mol. The summed E-state index contributed by atoms with van der Waals surface area (Å²) >= 11 is 3.51. The molecule has 1 aromatic heterocycles. The van der Waals surface area contributed by atoms with Gasteiger partial charge in [0.2, 0.25) is 5.91 Å². The first-order chi connectivity index (χ1) is 17.6. The van der Waals surface area contributed by atoms with Crippen molar-refractivity contribution in [3.8, 4) is 11.5 Å². The Morgan fingerprint density at radius 1 is 0.917 bits per heavy atom. The smallest absolute Gasteiger partial charge is 0.224 e. The number of amides is 1. The zero-order valence-corrected chi connectivity index (χ0v) is 22.4. The van der Waals surface area contributed by atoms with E-state index in [0.29, 0.717) is 24.5 Å². The van der Waals surface area contributed by atoms with Gasteiger partial charge in [0.1, 0.15) is 5.82 Å². The van der Waals surface area contributed by atoms with Crippen LogP contribution in [0.2, 0.25) is 0 Å². The SMILES string of the molecule is COc1ccc(CC(=O)NCCCCCc2nc3ccccc3n2Cc2ccc(Br)cc2)cc1OC. The molecule has 0 aliphatic heterocycles. The number of aromatic nitrogens is 2. The van der Waals surface area contributed by atoms with E-state index >= 15 is 0 Å². The van der Waals surface area contributed by atoms with E-state index in [1.54, 1.807) is 14.2 Å². The van der Waals surface area contributed by atoms with Gasteiger partial charge in [-0.2, -0.15) is 0 Å². The summed E-state index contributed by atoms with van der Waals surface area (Å²) in [7, 11) is 3.19. The fraction of sp³-hybridized carbons (Fsp3) is 0.310. The summed E-state index contributed by atoms with van der Waals surface area (Å²) in [6, 6.07) is 22.3. The molecular formula is C29H32BrN3O3. The molecule has 0 spiro atoms. The molecule has 0 bridgehead atoms. The molecule has 3 aromatic carbocycles. The Labute approximate surface area is 220 Å². The van der Waals surface area contributed by atoms with E-state index < -0.39 is 0 Å². The number of ether oxygens (including phenoxy) is 2. The van der Waals surface area contributed by atoms with Crippen LogP contribution >= 0.6 is 15.9 Å². The molecule has 0 aliphatic rings. The normalized spacial score (nSPS) is 11.0.